The van der Waals surface area contributed by atoms with Gasteiger partial charge in [-0.2, -0.15) is 0 Å². The molecular weight excluding hydrogens is 190 g/mol. The lowest BCUT2D eigenvalue weighted by Gasteiger charge is -2.07. The number of aryl methyl sites for hydroxylation is 1. The molecule has 0 unspecified atom stereocenters. The Labute approximate surface area is 90.3 Å². The molecule has 0 saturated carbocycles. The average molecular weight is 209 g/mol. The molecule has 0 bridgehead atoms. The van der Waals surface area contributed by atoms with Gasteiger partial charge in [0, 0.05) is 26.0 Å². The molecule has 0 aliphatic heterocycles. The molecule has 0 fully saturated rings. The van der Waals surface area contributed by atoms with Gasteiger partial charge in [0.15, 0.2) is 5.82 Å². The quantitative estimate of drug-likeness (QED) is 0.750. The van der Waals surface area contributed by atoms with Crippen LogP contribution in [0.5, 0.6) is 0 Å². The van der Waals surface area contributed by atoms with Crippen molar-refractivity contribution in [1.29, 1.82) is 0 Å². The Hall–Kier alpha value is -1.32. The second-order valence-corrected chi connectivity index (χ2v) is 4.15. The van der Waals surface area contributed by atoms with Crippen LogP contribution in [0.1, 0.15) is 26.7 Å². The fourth-order valence-corrected chi connectivity index (χ4v) is 1.34. The molecule has 1 aromatic heterocycles. The van der Waals surface area contributed by atoms with Crippen molar-refractivity contribution in [1.82, 2.24) is 9.55 Å². The maximum atomic E-state index is 11.5. The Morgan fingerprint density at radius 2 is 2.27 bits per heavy atom. The average Bonchev–Trinajstić information content (AvgIpc) is 2.18. The first-order valence-corrected chi connectivity index (χ1v) is 5.36. The first-order chi connectivity index (χ1) is 7.11. The van der Waals surface area contributed by atoms with Gasteiger partial charge in [-0.1, -0.05) is 13.8 Å². The lowest BCUT2D eigenvalue weighted by Crippen LogP contribution is -2.22. The second kappa shape index (κ2) is 5.53. The summed E-state index contributed by atoms with van der Waals surface area (Å²) >= 11 is 0. The van der Waals surface area contributed by atoms with Crippen molar-refractivity contribution in [3.8, 4) is 0 Å². The molecule has 0 atom stereocenters. The van der Waals surface area contributed by atoms with Gasteiger partial charge >= 0.3 is 0 Å². The van der Waals surface area contributed by atoms with Crippen molar-refractivity contribution in [2.75, 3.05) is 11.9 Å². The molecule has 4 nitrogen and oxygen atoms in total. The highest BCUT2D eigenvalue weighted by atomic mass is 16.1. The Bertz CT molecular complexity index is 357. The molecule has 0 radical (unpaired) electrons. The van der Waals surface area contributed by atoms with Gasteiger partial charge in [0.25, 0.3) is 5.56 Å². The van der Waals surface area contributed by atoms with Crippen molar-refractivity contribution in [3.05, 3.63) is 22.7 Å². The Morgan fingerprint density at radius 3 is 2.93 bits per heavy atom. The van der Waals surface area contributed by atoms with E-state index in [1.54, 1.807) is 19.4 Å². The van der Waals surface area contributed by atoms with Gasteiger partial charge in [-0.15, -0.1) is 0 Å². The molecule has 0 aromatic carbocycles. The minimum absolute atomic E-state index is 0.0675. The molecule has 15 heavy (non-hydrogen) atoms. The zero-order valence-electron chi connectivity index (χ0n) is 9.66. The van der Waals surface area contributed by atoms with E-state index >= 15 is 0 Å². The third-order valence-electron chi connectivity index (χ3n) is 2.27. The molecule has 84 valence electrons. The smallest absolute Gasteiger partial charge is 0.293 e. The standard InChI is InChI=1S/C11H19N3O/c1-9(2)5-4-6-12-10-11(15)14(3)8-7-13-10/h7-9H,4-6H2,1-3H3,(H,12,13). The molecule has 0 saturated heterocycles. The maximum absolute atomic E-state index is 11.5. The first kappa shape index (κ1) is 11.8. The van der Waals surface area contributed by atoms with E-state index in [1.807, 2.05) is 0 Å². The maximum Gasteiger partial charge on any atom is 0.293 e. The van der Waals surface area contributed by atoms with Crippen LogP contribution in [0.3, 0.4) is 0 Å². The predicted molar refractivity (Wildman–Crippen MR) is 62.0 cm³/mol. The number of anilines is 1. The van der Waals surface area contributed by atoms with Crippen LogP contribution in [0.2, 0.25) is 0 Å². The van der Waals surface area contributed by atoms with Gasteiger partial charge in [-0.05, 0) is 18.8 Å². The van der Waals surface area contributed by atoms with Gasteiger partial charge in [-0.25, -0.2) is 4.98 Å². The van der Waals surface area contributed by atoms with E-state index in [2.05, 4.69) is 24.1 Å². The summed E-state index contributed by atoms with van der Waals surface area (Å²) in [5, 5.41) is 3.06. The molecule has 1 rings (SSSR count). The molecule has 1 heterocycles. The highest BCUT2D eigenvalue weighted by Gasteiger charge is 2.01. The fraction of sp³-hybridized carbons (Fsp3) is 0.636. The third-order valence-corrected chi connectivity index (χ3v) is 2.27. The molecule has 4 heteroatoms. The highest BCUT2D eigenvalue weighted by molar-refractivity contribution is 5.30. The SMILES string of the molecule is CC(C)CCCNc1nccn(C)c1=O. The fourth-order valence-electron chi connectivity index (χ4n) is 1.34. The van der Waals surface area contributed by atoms with E-state index < -0.39 is 0 Å². The molecular formula is C11H19N3O. The van der Waals surface area contributed by atoms with Crippen LogP contribution in [0.15, 0.2) is 17.2 Å². The first-order valence-electron chi connectivity index (χ1n) is 5.36. The summed E-state index contributed by atoms with van der Waals surface area (Å²) in [6.07, 6.45) is 5.52. The Morgan fingerprint density at radius 1 is 1.53 bits per heavy atom. The highest BCUT2D eigenvalue weighted by Crippen LogP contribution is 2.03. The van der Waals surface area contributed by atoms with Crippen molar-refractivity contribution in [2.45, 2.75) is 26.7 Å². The van der Waals surface area contributed by atoms with Crippen LogP contribution in [0, 0.1) is 5.92 Å². The number of hydrogen-bond donors (Lipinski definition) is 1. The summed E-state index contributed by atoms with van der Waals surface area (Å²) in [5.41, 5.74) is -0.0675. The molecule has 0 amide bonds. The number of aromatic nitrogens is 2. The van der Waals surface area contributed by atoms with Gasteiger partial charge in [0.1, 0.15) is 0 Å². The summed E-state index contributed by atoms with van der Waals surface area (Å²) < 4.78 is 1.53. The second-order valence-electron chi connectivity index (χ2n) is 4.15. The van der Waals surface area contributed by atoms with Crippen molar-refractivity contribution in [3.63, 3.8) is 0 Å². The van der Waals surface area contributed by atoms with E-state index in [1.165, 1.54) is 11.0 Å². The van der Waals surface area contributed by atoms with E-state index in [9.17, 15) is 4.79 Å². The van der Waals surface area contributed by atoms with E-state index in [0.717, 1.165) is 13.0 Å². The van der Waals surface area contributed by atoms with Crippen LogP contribution in [-0.4, -0.2) is 16.1 Å². The number of nitrogens with one attached hydrogen (secondary N) is 1. The van der Waals surface area contributed by atoms with Gasteiger partial charge < -0.3 is 9.88 Å². The zero-order chi connectivity index (χ0) is 11.3. The summed E-state index contributed by atoms with van der Waals surface area (Å²) in [6.45, 7) is 5.20. The van der Waals surface area contributed by atoms with Crippen LogP contribution in [0.4, 0.5) is 5.82 Å². The summed E-state index contributed by atoms with van der Waals surface area (Å²) in [4.78, 5) is 15.5. The van der Waals surface area contributed by atoms with E-state index in [-0.39, 0.29) is 5.56 Å². The normalized spacial score (nSPS) is 10.7. The summed E-state index contributed by atoms with van der Waals surface area (Å²) in [6, 6.07) is 0. The number of rotatable bonds is 5. The lowest BCUT2D eigenvalue weighted by molar-refractivity contribution is 0.566. The Kier molecular flexibility index (Phi) is 4.34. The van der Waals surface area contributed by atoms with E-state index in [0.29, 0.717) is 11.7 Å². The largest absolute Gasteiger partial charge is 0.365 e. The van der Waals surface area contributed by atoms with Gasteiger partial charge in [0.05, 0.1) is 0 Å². The van der Waals surface area contributed by atoms with Crippen LogP contribution in [-0.2, 0) is 7.05 Å². The van der Waals surface area contributed by atoms with Crippen molar-refractivity contribution in [2.24, 2.45) is 13.0 Å². The predicted octanol–water partition coefficient (Wildman–Crippen LogP) is 1.63. The molecule has 1 aromatic rings. The third kappa shape index (κ3) is 3.73. The summed E-state index contributed by atoms with van der Waals surface area (Å²) in [5.74, 6) is 1.15. The molecule has 0 spiro atoms. The number of nitrogens with zero attached hydrogens (tertiary/aromatic N) is 2. The van der Waals surface area contributed by atoms with Crippen LogP contribution < -0.4 is 10.9 Å². The molecule has 0 aliphatic rings. The van der Waals surface area contributed by atoms with E-state index in [4.69, 9.17) is 0 Å². The Balaban J connectivity index is 2.44. The van der Waals surface area contributed by atoms with Crippen molar-refractivity contribution >= 4 is 5.82 Å². The van der Waals surface area contributed by atoms with Crippen molar-refractivity contribution < 1.29 is 0 Å². The lowest BCUT2D eigenvalue weighted by atomic mass is 10.1. The van der Waals surface area contributed by atoms with Gasteiger partial charge in [0.2, 0.25) is 0 Å². The van der Waals surface area contributed by atoms with Crippen LogP contribution >= 0.6 is 0 Å². The van der Waals surface area contributed by atoms with Crippen LogP contribution in [0.25, 0.3) is 0 Å². The molecule has 1 N–H and O–H groups in total. The molecule has 0 aliphatic carbocycles. The van der Waals surface area contributed by atoms with Gasteiger partial charge in [-0.3, -0.25) is 4.79 Å². The zero-order valence-corrected chi connectivity index (χ0v) is 9.66. The summed E-state index contributed by atoms with van der Waals surface area (Å²) in [7, 11) is 1.73. The minimum atomic E-state index is -0.0675. The monoisotopic (exact) mass is 209 g/mol. The topological polar surface area (TPSA) is 46.9 Å². The number of hydrogen-bond acceptors (Lipinski definition) is 3. The minimum Gasteiger partial charge on any atom is -0.365 e.